The van der Waals surface area contributed by atoms with Gasteiger partial charge in [0.2, 0.25) is 0 Å². The largest absolute Gasteiger partial charge is 0.355 e. The van der Waals surface area contributed by atoms with E-state index in [-0.39, 0.29) is 16.8 Å². The van der Waals surface area contributed by atoms with Crippen LogP contribution in [-0.4, -0.2) is 19.9 Å². The zero-order valence-electron chi connectivity index (χ0n) is 17.5. The molecule has 5 heteroatoms. The molecule has 0 atom stereocenters. The van der Waals surface area contributed by atoms with Crippen LogP contribution in [0.4, 0.5) is 0 Å². The number of aromatic nitrogens is 4. The molecule has 2 N–H and O–H groups in total. The Bertz CT molecular complexity index is 1440. The van der Waals surface area contributed by atoms with Crippen LogP contribution in [-0.2, 0) is 16.8 Å². The van der Waals surface area contributed by atoms with E-state index in [9.17, 15) is 0 Å². The molecule has 8 bridgehead atoms. The Labute approximate surface area is 202 Å². The molecule has 6 rings (SSSR count). The molecule has 0 fully saturated rings. The third-order valence-electron chi connectivity index (χ3n) is 4.93. The Morgan fingerprint density at radius 1 is 0.606 bits per heavy atom. The Morgan fingerprint density at radius 3 is 1.45 bits per heavy atom. The van der Waals surface area contributed by atoms with Crippen LogP contribution < -0.4 is 0 Å². The molecule has 161 valence electrons. The monoisotopic (exact) mass is 470 g/mol. The van der Waals surface area contributed by atoms with E-state index in [2.05, 4.69) is 62.3 Å². The number of benzene rings is 1. The van der Waals surface area contributed by atoms with E-state index in [4.69, 9.17) is 6.42 Å². The number of nitrogens with zero attached hydrogens (tertiary/aromatic N) is 2. The summed E-state index contributed by atoms with van der Waals surface area (Å²) in [5, 5.41) is 0. The first-order valence-corrected chi connectivity index (χ1v) is 10.2. The third kappa shape index (κ3) is 5.58. The molecule has 4 aromatic rings. The van der Waals surface area contributed by atoms with Crippen molar-refractivity contribution in [2.24, 2.45) is 0 Å². The second kappa shape index (κ2) is 10.0. The summed E-state index contributed by atoms with van der Waals surface area (Å²) in [6.07, 6.45) is 13.1. The van der Waals surface area contributed by atoms with Gasteiger partial charge in [-0.25, -0.2) is 9.97 Å². The number of terminal acetylenes is 1. The number of rotatable bonds is 0. The van der Waals surface area contributed by atoms with Gasteiger partial charge < -0.3 is 9.97 Å². The van der Waals surface area contributed by atoms with Crippen LogP contribution in [0.2, 0.25) is 0 Å². The van der Waals surface area contributed by atoms with Gasteiger partial charge in [0.25, 0.3) is 0 Å². The fourth-order valence-corrected chi connectivity index (χ4v) is 3.43. The summed E-state index contributed by atoms with van der Waals surface area (Å²) < 4.78 is 0. The van der Waals surface area contributed by atoms with E-state index in [0.717, 1.165) is 50.4 Å². The molecule has 0 aliphatic carbocycles. The van der Waals surface area contributed by atoms with Crippen molar-refractivity contribution >= 4 is 46.4 Å². The van der Waals surface area contributed by atoms with Crippen LogP contribution in [0.3, 0.4) is 0 Å². The SMILES string of the molecule is C#Cc1cc[c-]cc1.C1=Cc2cc3ccc(cc4ccc(cc5nc(cc1n2)C=C5)[nH]4)[nH]3.[Co]. The average Bonchev–Trinajstić information content (AvgIpc) is 3.61. The number of H-pyrrole nitrogens is 2. The molecule has 0 spiro atoms. The van der Waals surface area contributed by atoms with Gasteiger partial charge in [0.1, 0.15) is 0 Å². The first kappa shape index (κ1) is 22.1. The van der Waals surface area contributed by atoms with Crippen molar-refractivity contribution in [2.45, 2.75) is 0 Å². The zero-order chi connectivity index (χ0) is 21.8. The number of fused-ring (bicyclic) bond motifs is 8. The van der Waals surface area contributed by atoms with Crippen molar-refractivity contribution in [1.29, 1.82) is 0 Å². The maximum absolute atomic E-state index is 5.09. The van der Waals surface area contributed by atoms with Gasteiger partial charge >= 0.3 is 0 Å². The van der Waals surface area contributed by atoms with Gasteiger partial charge in [-0.15, -0.1) is 6.42 Å². The van der Waals surface area contributed by atoms with E-state index in [1.165, 1.54) is 0 Å². The van der Waals surface area contributed by atoms with E-state index < -0.39 is 0 Å². The van der Waals surface area contributed by atoms with Crippen LogP contribution in [0.25, 0.3) is 46.4 Å². The maximum Gasteiger partial charge on any atom is 0.0659 e. The summed E-state index contributed by atoms with van der Waals surface area (Å²) in [4.78, 5) is 16.0. The molecule has 3 aromatic heterocycles. The van der Waals surface area contributed by atoms with Gasteiger partial charge in [0.05, 0.1) is 22.8 Å². The number of hydrogen-bond donors (Lipinski definition) is 2. The van der Waals surface area contributed by atoms with Crippen LogP contribution in [0.15, 0.2) is 72.8 Å². The molecule has 1 aromatic carbocycles. The zero-order valence-corrected chi connectivity index (χ0v) is 18.6. The second-order valence-electron chi connectivity index (χ2n) is 7.34. The molecule has 2 aliphatic heterocycles. The maximum atomic E-state index is 5.09. The van der Waals surface area contributed by atoms with Crippen molar-refractivity contribution < 1.29 is 16.8 Å². The van der Waals surface area contributed by atoms with Gasteiger partial charge in [0, 0.05) is 38.8 Å². The van der Waals surface area contributed by atoms with Gasteiger partial charge in [-0.05, 0) is 72.8 Å². The molecule has 0 unspecified atom stereocenters. The molecule has 4 nitrogen and oxygen atoms in total. The molecule has 5 heterocycles. The van der Waals surface area contributed by atoms with E-state index >= 15 is 0 Å². The van der Waals surface area contributed by atoms with Gasteiger partial charge in [0.15, 0.2) is 0 Å². The van der Waals surface area contributed by atoms with Crippen molar-refractivity contribution in [3.05, 3.63) is 107 Å². The quantitative estimate of drug-likeness (QED) is 0.208. The fourth-order valence-electron chi connectivity index (χ4n) is 3.43. The van der Waals surface area contributed by atoms with Crippen LogP contribution in [0.1, 0.15) is 28.3 Å². The van der Waals surface area contributed by atoms with Crippen LogP contribution >= 0.6 is 0 Å². The van der Waals surface area contributed by atoms with E-state index in [0.29, 0.717) is 0 Å². The Hall–Kier alpha value is -4.11. The first-order valence-electron chi connectivity index (χ1n) is 10.2. The third-order valence-corrected chi connectivity index (χ3v) is 4.93. The van der Waals surface area contributed by atoms with Crippen LogP contribution in [0.5, 0.6) is 0 Å². The Balaban J connectivity index is 0.000000247. The Kier molecular flexibility index (Phi) is 6.70. The number of aromatic amines is 2. The molecule has 0 amide bonds. The fraction of sp³-hybridized carbons (Fsp3) is 0. The normalized spacial score (nSPS) is 11.1. The predicted octanol–water partition coefficient (Wildman–Crippen LogP) is 6.12. The van der Waals surface area contributed by atoms with Crippen LogP contribution in [0, 0.1) is 18.4 Å². The summed E-state index contributed by atoms with van der Waals surface area (Å²) in [5.41, 5.74) is 8.77. The summed E-state index contributed by atoms with van der Waals surface area (Å²) in [6, 6.07) is 26.6. The van der Waals surface area contributed by atoms with Gasteiger partial charge in [-0.2, -0.15) is 30.3 Å². The molecular weight excluding hydrogens is 451 g/mol. The minimum absolute atomic E-state index is 0. The molecule has 0 saturated carbocycles. The van der Waals surface area contributed by atoms with E-state index in [1.54, 1.807) is 12.1 Å². The number of nitrogens with one attached hydrogen (secondary N) is 2. The summed E-state index contributed by atoms with van der Waals surface area (Å²) >= 11 is 0. The molecule has 1 radical (unpaired) electrons. The van der Waals surface area contributed by atoms with Gasteiger partial charge in [-0.1, -0.05) is 11.5 Å². The summed E-state index contributed by atoms with van der Waals surface area (Å²) in [6.45, 7) is 0. The number of hydrogen-bond acceptors (Lipinski definition) is 2. The predicted molar refractivity (Wildman–Crippen MR) is 132 cm³/mol. The Morgan fingerprint density at radius 2 is 1.03 bits per heavy atom. The summed E-state index contributed by atoms with van der Waals surface area (Å²) in [7, 11) is 0. The van der Waals surface area contributed by atoms with Crippen molar-refractivity contribution in [3.63, 3.8) is 0 Å². The summed E-state index contributed by atoms with van der Waals surface area (Å²) in [5.74, 6) is 2.51. The minimum Gasteiger partial charge on any atom is -0.355 e. The van der Waals surface area contributed by atoms with Gasteiger partial charge in [-0.3, -0.25) is 0 Å². The standard InChI is InChI=1S/C20H14N4.C8H5.Co/c1-2-14-10-16-5-6-18(23-16)12-20-8-7-19(24-20)11-17-4-3-15(22-17)9-13(1)21-14;1-2-8-6-4-3-5-7-8;/h1-12,21-22H;1,4-7H;/q;-1;. The van der Waals surface area contributed by atoms with E-state index in [1.807, 2.05) is 54.6 Å². The average molecular weight is 470 g/mol. The topological polar surface area (TPSA) is 57.4 Å². The van der Waals surface area contributed by atoms with Crippen molar-refractivity contribution in [1.82, 2.24) is 19.9 Å². The molecule has 0 saturated heterocycles. The van der Waals surface area contributed by atoms with Crippen molar-refractivity contribution in [2.75, 3.05) is 0 Å². The molecule has 33 heavy (non-hydrogen) atoms. The molecule has 2 aliphatic rings. The minimum atomic E-state index is 0. The molecular formula is C28H19CoN4-. The smallest absolute Gasteiger partial charge is 0.0659 e. The van der Waals surface area contributed by atoms with Crippen molar-refractivity contribution in [3.8, 4) is 12.3 Å². The first-order chi connectivity index (χ1) is 15.7. The second-order valence-corrected chi connectivity index (χ2v) is 7.34.